The van der Waals surface area contributed by atoms with E-state index >= 15 is 0 Å². The van der Waals surface area contributed by atoms with Gasteiger partial charge in [-0.15, -0.1) is 0 Å². The number of carbonyl (C=O) groups excluding carboxylic acids is 2. The third-order valence-electron chi connectivity index (χ3n) is 7.27. The lowest BCUT2D eigenvalue weighted by Crippen LogP contribution is -2.39. The van der Waals surface area contributed by atoms with E-state index in [9.17, 15) is 9.59 Å². The van der Waals surface area contributed by atoms with Gasteiger partial charge >= 0.3 is 5.97 Å². The summed E-state index contributed by atoms with van der Waals surface area (Å²) < 4.78 is 5.41. The van der Waals surface area contributed by atoms with Crippen molar-refractivity contribution < 1.29 is 14.3 Å². The SMILES string of the molecule is CNc1cccc(C(COC(C)=O)CC2CCN(C(=O)CCc3ccc4c(n3)NCCC4)CC2)c1. The molecule has 0 aliphatic carbocycles. The highest BCUT2D eigenvalue weighted by Gasteiger charge is 2.26. The van der Waals surface area contributed by atoms with Crippen LogP contribution < -0.4 is 10.6 Å². The zero-order chi connectivity index (χ0) is 24.6. The fourth-order valence-corrected chi connectivity index (χ4v) is 5.19. The summed E-state index contributed by atoms with van der Waals surface area (Å²) in [5, 5.41) is 6.56. The molecule has 1 aromatic carbocycles. The number of aromatic nitrogens is 1. The van der Waals surface area contributed by atoms with Crippen molar-refractivity contribution in [3.8, 4) is 0 Å². The van der Waals surface area contributed by atoms with Gasteiger partial charge in [-0.1, -0.05) is 18.2 Å². The molecule has 2 aliphatic heterocycles. The highest BCUT2D eigenvalue weighted by Crippen LogP contribution is 2.32. The topological polar surface area (TPSA) is 83.6 Å². The summed E-state index contributed by atoms with van der Waals surface area (Å²) in [6.07, 6.45) is 6.32. The number of hydrogen-bond acceptors (Lipinski definition) is 6. The number of pyridine rings is 1. The van der Waals surface area contributed by atoms with E-state index in [1.54, 1.807) is 0 Å². The van der Waals surface area contributed by atoms with Gasteiger partial charge in [-0.3, -0.25) is 9.59 Å². The maximum atomic E-state index is 12.9. The molecule has 188 valence electrons. The van der Waals surface area contributed by atoms with Crippen molar-refractivity contribution in [2.45, 2.75) is 57.8 Å². The van der Waals surface area contributed by atoms with Crippen LogP contribution in [0.25, 0.3) is 0 Å². The van der Waals surface area contributed by atoms with E-state index < -0.39 is 0 Å². The molecule has 0 spiro atoms. The highest BCUT2D eigenvalue weighted by molar-refractivity contribution is 5.76. The number of likely N-dealkylation sites (tertiary alicyclic amines) is 1. The maximum absolute atomic E-state index is 12.9. The van der Waals surface area contributed by atoms with Gasteiger partial charge in [0, 0.05) is 57.3 Å². The van der Waals surface area contributed by atoms with E-state index in [1.165, 1.54) is 18.1 Å². The quantitative estimate of drug-likeness (QED) is 0.520. The first-order chi connectivity index (χ1) is 17.0. The Balaban J connectivity index is 1.27. The molecule has 2 aliphatic rings. The van der Waals surface area contributed by atoms with Crippen LogP contribution in [0.2, 0.25) is 0 Å². The van der Waals surface area contributed by atoms with Crippen LogP contribution in [0.1, 0.15) is 61.8 Å². The monoisotopic (exact) mass is 478 g/mol. The summed E-state index contributed by atoms with van der Waals surface area (Å²) in [6, 6.07) is 12.5. The molecule has 0 bridgehead atoms. The van der Waals surface area contributed by atoms with Gasteiger partial charge in [0.25, 0.3) is 0 Å². The number of rotatable bonds is 9. The second kappa shape index (κ2) is 12.0. The Morgan fingerprint density at radius 2 is 2.06 bits per heavy atom. The fraction of sp³-hybridized carbons (Fsp3) is 0.536. The highest BCUT2D eigenvalue weighted by atomic mass is 16.5. The number of fused-ring (bicyclic) bond motifs is 1. The minimum Gasteiger partial charge on any atom is -0.465 e. The summed E-state index contributed by atoms with van der Waals surface area (Å²) in [6.45, 7) is 4.41. The molecule has 1 unspecified atom stereocenters. The smallest absolute Gasteiger partial charge is 0.302 e. The first-order valence-corrected chi connectivity index (χ1v) is 12.9. The first kappa shape index (κ1) is 25.0. The lowest BCUT2D eigenvalue weighted by molar-refractivity contribution is -0.141. The van der Waals surface area contributed by atoms with Crippen LogP contribution in [0.15, 0.2) is 36.4 Å². The maximum Gasteiger partial charge on any atom is 0.302 e. The summed E-state index contributed by atoms with van der Waals surface area (Å²) in [4.78, 5) is 31.1. The van der Waals surface area contributed by atoms with Crippen molar-refractivity contribution in [3.05, 3.63) is 53.2 Å². The van der Waals surface area contributed by atoms with Crippen LogP contribution in [0, 0.1) is 5.92 Å². The second-order valence-corrected chi connectivity index (χ2v) is 9.78. The molecule has 3 heterocycles. The van der Waals surface area contributed by atoms with Gasteiger partial charge in [0.05, 0.1) is 6.61 Å². The molecule has 1 saturated heterocycles. The molecular formula is C28H38N4O3. The van der Waals surface area contributed by atoms with Gasteiger partial charge in [0.1, 0.15) is 5.82 Å². The predicted octanol–water partition coefficient (Wildman–Crippen LogP) is 4.39. The molecule has 1 amide bonds. The van der Waals surface area contributed by atoms with Crippen LogP contribution in [0.5, 0.6) is 0 Å². The third kappa shape index (κ3) is 6.96. The van der Waals surface area contributed by atoms with Gasteiger partial charge < -0.3 is 20.3 Å². The molecule has 4 rings (SSSR count). The second-order valence-electron chi connectivity index (χ2n) is 9.78. The zero-order valence-corrected chi connectivity index (χ0v) is 21.0. The van der Waals surface area contributed by atoms with Crippen molar-refractivity contribution in [2.75, 3.05) is 43.9 Å². The molecule has 1 aromatic heterocycles. The number of aryl methyl sites for hydroxylation is 2. The number of piperidine rings is 1. The molecule has 2 aromatic rings. The average Bonchev–Trinajstić information content (AvgIpc) is 2.89. The van der Waals surface area contributed by atoms with Crippen LogP contribution in [0.3, 0.4) is 0 Å². The van der Waals surface area contributed by atoms with Crippen molar-refractivity contribution in [1.82, 2.24) is 9.88 Å². The van der Waals surface area contributed by atoms with Crippen molar-refractivity contribution >= 4 is 23.4 Å². The van der Waals surface area contributed by atoms with Crippen LogP contribution in [-0.4, -0.2) is 55.0 Å². The average molecular weight is 479 g/mol. The number of nitrogens with zero attached hydrogens (tertiary/aromatic N) is 2. The number of anilines is 2. The van der Waals surface area contributed by atoms with Gasteiger partial charge in [0.15, 0.2) is 0 Å². The summed E-state index contributed by atoms with van der Waals surface area (Å²) >= 11 is 0. The Labute approximate surface area is 208 Å². The van der Waals surface area contributed by atoms with Crippen molar-refractivity contribution in [1.29, 1.82) is 0 Å². The Kier molecular flexibility index (Phi) is 8.61. The van der Waals surface area contributed by atoms with E-state index in [2.05, 4.69) is 34.9 Å². The molecule has 1 fully saturated rings. The lowest BCUT2D eigenvalue weighted by Gasteiger charge is -2.34. The van der Waals surface area contributed by atoms with Gasteiger partial charge in [-0.05, 0) is 73.8 Å². The molecule has 7 nitrogen and oxygen atoms in total. The Bertz CT molecular complexity index is 1020. The first-order valence-electron chi connectivity index (χ1n) is 12.9. The Morgan fingerprint density at radius 3 is 2.83 bits per heavy atom. The van der Waals surface area contributed by atoms with Gasteiger partial charge in [-0.2, -0.15) is 0 Å². The number of nitrogens with one attached hydrogen (secondary N) is 2. The van der Waals surface area contributed by atoms with E-state index in [-0.39, 0.29) is 17.8 Å². The zero-order valence-electron chi connectivity index (χ0n) is 21.0. The summed E-state index contributed by atoms with van der Waals surface area (Å²) in [5.74, 6) is 1.62. The number of amides is 1. The normalized spacial score (nSPS) is 16.7. The van der Waals surface area contributed by atoms with E-state index in [1.807, 2.05) is 24.1 Å². The van der Waals surface area contributed by atoms with E-state index in [0.29, 0.717) is 25.4 Å². The van der Waals surface area contributed by atoms with Crippen molar-refractivity contribution in [2.24, 2.45) is 5.92 Å². The predicted molar refractivity (Wildman–Crippen MR) is 139 cm³/mol. The van der Waals surface area contributed by atoms with Gasteiger partial charge in [0.2, 0.25) is 5.91 Å². The van der Waals surface area contributed by atoms with Crippen molar-refractivity contribution in [3.63, 3.8) is 0 Å². The lowest BCUT2D eigenvalue weighted by atomic mass is 9.84. The van der Waals surface area contributed by atoms with E-state index in [4.69, 9.17) is 9.72 Å². The molecule has 7 heteroatoms. The number of esters is 1. The molecule has 35 heavy (non-hydrogen) atoms. The Hall–Kier alpha value is -3.09. The standard InChI is InChI=1S/C28H38N4O3/c1-20(33)35-19-24(23-5-3-7-26(18-23)29-2)17-21-12-15-32(16-13-21)27(34)11-10-25-9-8-22-6-4-14-30-28(22)31-25/h3,5,7-9,18,21,24,29H,4,6,10-17,19H2,1-2H3,(H,30,31). The fourth-order valence-electron chi connectivity index (χ4n) is 5.19. The minimum atomic E-state index is -0.246. The van der Waals surface area contributed by atoms with Crippen LogP contribution in [-0.2, 0) is 27.2 Å². The minimum absolute atomic E-state index is 0.156. The largest absolute Gasteiger partial charge is 0.465 e. The third-order valence-corrected chi connectivity index (χ3v) is 7.27. The molecular weight excluding hydrogens is 440 g/mol. The van der Waals surface area contributed by atoms with Crippen LogP contribution >= 0.6 is 0 Å². The summed E-state index contributed by atoms with van der Waals surface area (Å²) in [5.41, 5.74) is 4.50. The molecule has 1 atom stereocenters. The number of carbonyl (C=O) groups is 2. The number of hydrogen-bond donors (Lipinski definition) is 2. The molecule has 0 radical (unpaired) electrons. The number of ether oxygens (including phenoxy) is 1. The van der Waals surface area contributed by atoms with Gasteiger partial charge in [-0.25, -0.2) is 4.98 Å². The van der Waals surface area contributed by atoms with E-state index in [0.717, 1.165) is 68.9 Å². The number of benzene rings is 1. The Morgan fingerprint density at radius 1 is 1.23 bits per heavy atom. The summed E-state index contributed by atoms with van der Waals surface area (Å²) in [7, 11) is 1.91. The molecule has 2 N–H and O–H groups in total. The van der Waals surface area contributed by atoms with Crippen LogP contribution in [0.4, 0.5) is 11.5 Å². The molecule has 0 saturated carbocycles.